The monoisotopic (exact) mass is 447 g/mol. The lowest BCUT2D eigenvalue weighted by molar-refractivity contribution is 0.368. The molecule has 0 saturated carbocycles. The normalized spacial score (nSPS) is 12.1. The zero-order valence-corrected chi connectivity index (χ0v) is 17.8. The highest BCUT2D eigenvalue weighted by Crippen LogP contribution is 2.28. The third-order valence-electron chi connectivity index (χ3n) is 4.48. The standard InChI is InChI=1S/C21H19F2N3O4S/c1-13(24-2)12-30-20-17(14-4-7-16(8-5-14)31(3,28)29)11-25-26(21(20)27)15-6-9-18(22)19(23)10-15/h4-11H,12H2,1-3H3. The first kappa shape index (κ1) is 22.3. The van der Waals surface area contributed by atoms with Crippen LogP contribution in [-0.2, 0) is 9.84 Å². The predicted molar refractivity (Wildman–Crippen MR) is 113 cm³/mol. The van der Waals surface area contributed by atoms with Crippen molar-refractivity contribution in [1.82, 2.24) is 9.78 Å². The molecule has 0 saturated heterocycles. The summed E-state index contributed by atoms with van der Waals surface area (Å²) in [6, 6.07) is 8.85. The van der Waals surface area contributed by atoms with Crippen molar-refractivity contribution >= 4 is 15.5 Å². The molecular weight excluding hydrogens is 428 g/mol. The fraction of sp³-hybridized carbons (Fsp3) is 0.190. The summed E-state index contributed by atoms with van der Waals surface area (Å²) in [5, 5.41) is 4.06. The summed E-state index contributed by atoms with van der Waals surface area (Å²) in [5.74, 6) is -2.26. The number of sulfone groups is 1. The average molecular weight is 447 g/mol. The SMILES string of the molecule is CN=C(C)COc1c(-c2ccc(S(C)(=O)=O)cc2)cnn(-c2ccc(F)c(F)c2)c1=O. The second kappa shape index (κ2) is 8.76. The molecule has 10 heteroatoms. The highest BCUT2D eigenvalue weighted by Gasteiger charge is 2.18. The molecule has 0 radical (unpaired) electrons. The fourth-order valence-corrected chi connectivity index (χ4v) is 3.34. The van der Waals surface area contributed by atoms with E-state index in [1.165, 1.54) is 36.5 Å². The first-order valence-corrected chi connectivity index (χ1v) is 10.9. The number of aliphatic imine (C=N–C) groups is 1. The van der Waals surface area contributed by atoms with E-state index in [0.717, 1.165) is 23.1 Å². The summed E-state index contributed by atoms with van der Waals surface area (Å²) in [7, 11) is -1.81. The Morgan fingerprint density at radius 1 is 1.13 bits per heavy atom. The van der Waals surface area contributed by atoms with Gasteiger partial charge in [0, 0.05) is 30.6 Å². The molecule has 0 amide bonds. The van der Waals surface area contributed by atoms with Crippen molar-refractivity contribution in [2.24, 2.45) is 4.99 Å². The molecule has 0 spiro atoms. The molecule has 0 N–H and O–H groups in total. The van der Waals surface area contributed by atoms with Crippen LogP contribution in [0.1, 0.15) is 6.92 Å². The van der Waals surface area contributed by atoms with Gasteiger partial charge >= 0.3 is 5.56 Å². The average Bonchev–Trinajstić information content (AvgIpc) is 2.74. The topological polar surface area (TPSA) is 90.6 Å². The Labute approximate surface area is 177 Å². The van der Waals surface area contributed by atoms with E-state index in [-0.39, 0.29) is 22.9 Å². The van der Waals surface area contributed by atoms with Crippen LogP contribution in [0.5, 0.6) is 5.75 Å². The van der Waals surface area contributed by atoms with Gasteiger partial charge in [-0.1, -0.05) is 12.1 Å². The Morgan fingerprint density at radius 2 is 1.81 bits per heavy atom. The van der Waals surface area contributed by atoms with Crippen LogP contribution in [0.15, 0.2) is 63.3 Å². The van der Waals surface area contributed by atoms with Crippen LogP contribution in [0, 0.1) is 11.6 Å². The van der Waals surface area contributed by atoms with Crippen LogP contribution in [0.4, 0.5) is 8.78 Å². The highest BCUT2D eigenvalue weighted by atomic mass is 32.2. The minimum absolute atomic E-state index is 0.0158. The minimum atomic E-state index is -3.39. The van der Waals surface area contributed by atoms with E-state index in [1.807, 2.05) is 0 Å². The van der Waals surface area contributed by atoms with Gasteiger partial charge in [-0.25, -0.2) is 17.2 Å². The van der Waals surface area contributed by atoms with E-state index < -0.39 is 27.0 Å². The van der Waals surface area contributed by atoms with Crippen LogP contribution in [0.25, 0.3) is 16.8 Å². The summed E-state index contributed by atoms with van der Waals surface area (Å²) in [4.78, 5) is 17.2. The molecule has 0 fully saturated rings. The van der Waals surface area contributed by atoms with Crippen molar-refractivity contribution in [3.05, 3.63) is 70.6 Å². The van der Waals surface area contributed by atoms with Crippen LogP contribution in [0.3, 0.4) is 0 Å². The summed E-state index contributed by atoms with van der Waals surface area (Å²) < 4.78 is 56.9. The Hall–Kier alpha value is -3.40. The molecule has 3 aromatic rings. The number of aromatic nitrogens is 2. The number of hydrogen-bond acceptors (Lipinski definition) is 6. The maximum Gasteiger partial charge on any atom is 0.314 e. The molecule has 2 aromatic carbocycles. The van der Waals surface area contributed by atoms with Gasteiger partial charge in [0.15, 0.2) is 27.2 Å². The molecule has 1 heterocycles. The molecule has 1 aromatic heterocycles. The molecule has 162 valence electrons. The quantitative estimate of drug-likeness (QED) is 0.542. The molecule has 7 nitrogen and oxygen atoms in total. The van der Waals surface area contributed by atoms with Gasteiger partial charge in [0.25, 0.3) is 0 Å². The Kier molecular flexibility index (Phi) is 6.30. The second-order valence-electron chi connectivity index (χ2n) is 6.75. The molecule has 31 heavy (non-hydrogen) atoms. The van der Waals surface area contributed by atoms with Gasteiger partial charge in [-0.3, -0.25) is 9.79 Å². The van der Waals surface area contributed by atoms with Gasteiger partial charge in [0.1, 0.15) is 6.61 Å². The molecule has 0 aliphatic carbocycles. The Balaban J connectivity index is 2.15. The number of rotatable bonds is 6. The summed E-state index contributed by atoms with van der Waals surface area (Å²) in [6.07, 6.45) is 2.43. The van der Waals surface area contributed by atoms with E-state index in [9.17, 15) is 22.0 Å². The fourth-order valence-electron chi connectivity index (χ4n) is 2.71. The Bertz CT molecular complexity index is 1320. The van der Waals surface area contributed by atoms with Gasteiger partial charge < -0.3 is 4.74 Å². The number of halogens is 2. The summed E-state index contributed by atoms with van der Waals surface area (Å²) in [6.45, 7) is 1.73. The highest BCUT2D eigenvalue weighted by molar-refractivity contribution is 7.90. The van der Waals surface area contributed by atoms with Crippen LogP contribution >= 0.6 is 0 Å². The van der Waals surface area contributed by atoms with E-state index in [1.54, 1.807) is 14.0 Å². The lowest BCUT2D eigenvalue weighted by Gasteiger charge is -2.14. The minimum Gasteiger partial charge on any atom is -0.481 e. The second-order valence-corrected chi connectivity index (χ2v) is 8.76. The van der Waals surface area contributed by atoms with Crippen molar-refractivity contribution < 1.29 is 21.9 Å². The molecule has 0 bridgehead atoms. The molecule has 0 aliphatic heterocycles. The third kappa shape index (κ3) is 4.85. The molecule has 0 atom stereocenters. The van der Waals surface area contributed by atoms with Crippen molar-refractivity contribution in [2.45, 2.75) is 11.8 Å². The van der Waals surface area contributed by atoms with Gasteiger partial charge in [0.2, 0.25) is 0 Å². The van der Waals surface area contributed by atoms with Gasteiger partial charge in [0.05, 0.1) is 16.8 Å². The van der Waals surface area contributed by atoms with Crippen LogP contribution in [-0.4, -0.2) is 43.8 Å². The maximum atomic E-state index is 13.7. The maximum absolute atomic E-state index is 13.7. The van der Waals surface area contributed by atoms with Crippen molar-refractivity contribution in [2.75, 3.05) is 19.9 Å². The van der Waals surface area contributed by atoms with Crippen LogP contribution in [0.2, 0.25) is 0 Å². The molecule has 3 rings (SSSR count). The Morgan fingerprint density at radius 3 is 2.39 bits per heavy atom. The third-order valence-corrected chi connectivity index (χ3v) is 5.61. The van der Waals surface area contributed by atoms with Gasteiger partial charge in [-0.15, -0.1) is 0 Å². The van der Waals surface area contributed by atoms with Crippen LogP contribution < -0.4 is 10.3 Å². The summed E-state index contributed by atoms with van der Waals surface area (Å²) in [5.41, 5.74) is 0.755. The lowest BCUT2D eigenvalue weighted by Crippen LogP contribution is -2.25. The first-order chi connectivity index (χ1) is 14.6. The zero-order valence-electron chi connectivity index (χ0n) is 17.0. The molecule has 0 aliphatic rings. The van der Waals surface area contributed by atoms with Crippen molar-refractivity contribution in [1.29, 1.82) is 0 Å². The smallest absolute Gasteiger partial charge is 0.314 e. The van der Waals surface area contributed by atoms with Crippen molar-refractivity contribution in [3.63, 3.8) is 0 Å². The van der Waals surface area contributed by atoms with Crippen molar-refractivity contribution in [3.8, 4) is 22.6 Å². The van der Waals surface area contributed by atoms with E-state index in [0.29, 0.717) is 16.8 Å². The number of ether oxygens (including phenoxy) is 1. The number of hydrogen-bond donors (Lipinski definition) is 0. The van der Waals surface area contributed by atoms with E-state index in [2.05, 4.69) is 10.1 Å². The van der Waals surface area contributed by atoms with E-state index in [4.69, 9.17) is 4.74 Å². The molecular formula is C21H19F2N3O4S. The van der Waals surface area contributed by atoms with Gasteiger partial charge in [-0.05, 0) is 36.8 Å². The zero-order chi connectivity index (χ0) is 22.8. The number of benzene rings is 2. The summed E-state index contributed by atoms with van der Waals surface area (Å²) >= 11 is 0. The predicted octanol–water partition coefficient (Wildman–Crippen LogP) is 3.05. The van der Waals surface area contributed by atoms with Gasteiger partial charge in [-0.2, -0.15) is 9.78 Å². The largest absolute Gasteiger partial charge is 0.481 e. The molecule has 0 unspecified atom stereocenters. The number of nitrogens with zero attached hydrogens (tertiary/aromatic N) is 3. The lowest BCUT2D eigenvalue weighted by atomic mass is 10.1. The first-order valence-electron chi connectivity index (χ1n) is 9.05. The van der Waals surface area contributed by atoms with E-state index >= 15 is 0 Å².